The quantitative estimate of drug-likeness (QED) is 0.499. The molecule has 2 rings (SSSR count). The topological polar surface area (TPSA) is 38.7 Å². The minimum Gasteiger partial charge on any atom is -0.242 e. The van der Waals surface area contributed by atoms with Crippen molar-refractivity contribution < 1.29 is 0 Å². The van der Waals surface area contributed by atoms with E-state index in [1.807, 2.05) is 0 Å². The largest absolute Gasteiger partial charge is 0.242 e. The Labute approximate surface area is 84.7 Å². The molecule has 2 heterocycles. The molecule has 3 nitrogen and oxygen atoms in total. The third-order valence-corrected chi connectivity index (χ3v) is 2.11. The molecule has 0 radical (unpaired) electrons. The molecule has 13 heavy (non-hydrogen) atoms. The minimum atomic E-state index is 0.391. The molecule has 0 N–H and O–H groups in total. The Bertz CT molecular complexity index is 470. The van der Waals surface area contributed by atoms with E-state index in [4.69, 9.17) is 23.2 Å². The van der Waals surface area contributed by atoms with Crippen LogP contribution in [-0.2, 0) is 0 Å². The molecular weight excluding hydrogens is 209 g/mol. The summed E-state index contributed by atoms with van der Waals surface area (Å²) >= 11 is 11.6. The summed E-state index contributed by atoms with van der Waals surface area (Å²) in [6.07, 6.45) is 1.58. The van der Waals surface area contributed by atoms with E-state index in [1.165, 1.54) is 0 Å². The summed E-state index contributed by atoms with van der Waals surface area (Å²) < 4.78 is 0. The minimum absolute atomic E-state index is 0.391. The van der Waals surface area contributed by atoms with Gasteiger partial charge in [0.25, 0.3) is 0 Å². The van der Waals surface area contributed by atoms with Gasteiger partial charge in [-0.15, -0.1) is 0 Å². The number of hydrogen-bond donors (Lipinski definition) is 0. The zero-order valence-corrected chi connectivity index (χ0v) is 8.26. The number of hydrogen-bond acceptors (Lipinski definition) is 3. The normalized spacial score (nSPS) is 10.7. The maximum Gasteiger partial charge on any atom is 0.140 e. The Balaban J connectivity index is 2.87. The number of aromatic nitrogens is 3. The molecule has 2 aromatic rings. The molecule has 0 unspecified atom stereocenters. The fraction of sp³-hybridized carbons (Fsp3) is 0.125. The first kappa shape index (κ1) is 8.66. The molecule has 0 aliphatic heterocycles. The van der Waals surface area contributed by atoms with Gasteiger partial charge in [0.15, 0.2) is 0 Å². The van der Waals surface area contributed by atoms with Gasteiger partial charge in [0.2, 0.25) is 0 Å². The van der Waals surface area contributed by atoms with Crippen molar-refractivity contribution in [2.45, 2.75) is 6.92 Å². The maximum atomic E-state index is 5.90. The van der Waals surface area contributed by atoms with E-state index in [0.29, 0.717) is 21.6 Å². The average Bonchev–Trinajstić information content (AvgIpc) is 2.06. The Morgan fingerprint density at radius 1 is 1.23 bits per heavy atom. The summed E-state index contributed by atoms with van der Waals surface area (Å²) in [7, 11) is 0. The fourth-order valence-corrected chi connectivity index (χ4v) is 1.51. The Kier molecular flexibility index (Phi) is 2.06. The number of rotatable bonds is 0. The summed E-state index contributed by atoms with van der Waals surface area (Å²) in [6.45, 7) is 1.78. The lowest BCUT2D eigenvalue weighted by atomic mass is 10.3. The van der Waals surface area contributed by atoms with E-state index >= 15 is 0 Å². The van der Waals surface area contributed by atoms with Crippen LogP contribution in [0.1, 0.15) is 5.82 Å². The van der Waals surface area contributed by atoms with E-state index in [9.17, 15) is 0 Å². The Morgan fingerprint density at radius 2 is 2.00 bits per heavy atom. The lowest BCUT2D eigenvalue weighted by molar-refractivity contribution is 1.09. The Hall–Kier alpha value is -0.930. The van der Waals surface area contributed by atoms with Crippen LogP contribution in [0.15, 0.2) is 12.3 Å². The van der Waals surface area contributed by atoms with Crippen molar-refractivity contribution in [1.29, 1.82) is 0 Å². The van der Waals surface area contributed by atoms with Gasteiger partial charge in [0.1, 0.15) is 16.1 Å². The number of halogens is 2. The van der Waals surface area contributed by atoms with Gasteiger partial charge in [-0.1, -0.05) is 23.2 Å². The van der Waals surface area contributed by atoms with Crippen LogP contribution >= 0.6 is 23.2 Å². The van der Waals surface area contributed by atoms with E-state index in [1.54, 1.807) is 19.2 Å². The van der Waals surface area contributed by atoms with Crippen LogP contribution in [0.4, 0.5) is 0 Å². The summed E-state index contributed by atoms with van der Waals surface area (Å²) in [4.78, 5) is 12.1. The number of nitrogens with zero attached hydrogens (tertiary/aromatic N) is 3. The van der Waals surface area contributed by atoms with Crippen molar-refractivity contribution in [2.24, 2.45) is 0 Å². The van der Waals surface area contributed by atoms with Gasteiger partial charge in [-0.05, 0) is 13.0 Å². The molecule has 0 aliphatic rings. The summed E-state index contributed by atoms with van der Waals surface area (Å²) in [5, 5.41) is 1.53. The van der Waals surface area contributed by atoms with Crippen molar-refractivity contribution in [3.8, 4) is 0 Å². The first-order chi connectivity index (χ1) is 6.16. The highest BCUT2D eigenvalue weighted by Crippen LogP contribution is 2.21. The summed E-state index contributed by atoms with van der Waals surface area (Å²) in [6, 6.07) is 1.65. The van der Waals surface area contributed by atoms with Crippen LogP contribution in [0, 0.1) is 6.92 Å². The zero-order valence-electron chi connectivity index (χ0n) is 6.75. The predicted molar refractivity (Wildman–Crippen MR) is 52.1 cm³/mol. The van der Waals surface area contributed by atoms with Crippen molar-refractivity contribution >= 4 is 34.1 Å². The van der Waals surface area contributed by atoms with Crippen LogP contribution in [0.2, 0.25) is 10.3 Å². The molecule has 0 atom stereocenters. The molecule has 0 aliphatic carbocycles. The molecule has 0 fully saturated rings. The van der Waals surface area contributed by atoms with Gasteiger partial charge in [-0.3, -0.25) is 0 Å². The van der Waals surface area contributed by atoms with Gasteiger partial charge < -0.3 is 0 Å². The number of fused-ring (bicyclic) bond motifs is 1. The molecule has 0 saturated heterocycles. The third kappa shape index (κ3) is 1.57. The predicted octanol–water partition coefficient (Wildman–Crippen LogP) is 2.64. The SMILES string of the molecule is Cc1nc(Cl)c2cc(Cl)ncc2n1. The highest BCUT2D eigenvalue weighted by molar-refractivity contribution is 6.35. The van der Waals surface area contributed by atoms with Crippen molar-refractivity contribution in [3.63, 3.8) is 0 Å². The van der Waals surface area contributed by atoms with Gasteiger partial charge >= 0.3 is 0 Å². The monoisotopic (exact) mass is 213 g/mol. The molecule has 0 aromatic carbocycles. The van der Waals surface area contributed by atoms with E-state index in [0.717, 1.165) is 5.39 Å². The standard InChI is InChI=1S/C8H5Cl2N3/c1-4-12-6-3-11-7(9)2-5(6)8(10)13-4/h2-3H,1H3. The highest BCUT2D eigenvalue weighted by Gasteiger charge is 2.04. The lowest BCUT2D eigenvalue weighted by Gasteiger charge is -2.00. The third-order valence-electron chi connectivity index (χ3n) is 1.61. The molecule has 0 spiro atoms. The van der Waals surface area contributed by atoms with Gasteiger partial charge in [0.05, 0.1) is 11.7 Å². The van der Waals surface area contributed by atoms with Crippen LogP contribution < -0.4 is 0 Å². The number of pyridine rings is 1. The lowest BCUT2D eigenvalue weighted by Crippen LogP contribution is -1.90. The van der Waals surface area contributed by atoms with Gasteiger partial charge in [-0.2, -0.15) is 0 Å². The average molecular weight is 214 g/mol. The van der Waals surface area contributed by atoms with Crippen molar-refractivity contribution in [2.75, 3.05) is 0 Å². The molecule has 5 heteroatoms. The van der Waals surface area contributed by atoms with Crippen molar-refractivity contribution in [1.82, 2.24) is 15.0 Å². The van der Waals surface area contributed by atoms with E-state index in [2.05, 4.69) is 15.0 Å². The second-order valence-electron chi connectivity index (χ2n) is 2.59. The molecule has 0 bridgehead atoms. The zero-order chi connectivity index (χ0) is 9.42. The maximum absolute atomic E-state index is 5.90. The fourth-order valence-electron chi connectivity index (χ4n) is 1.08. The summed E-state index contributed by atoms with van der Waals surface area (Å²) in [5.41, 5.74) is 0.710. The molecule has 0 amide bonds. The first-order valence-corrected chi connectivity index (χ1v) is 4.38. The second kappa shape index (κ2) is 3.09. The van der Waals surface area contributed by atoms with Gasteiger partial charge in [0, 0.05) is 5.39 Å². The van der Waals surface area contributed by atoms with Crippen LogP contribution in [0.3, 0.4) is 0 Å². The smallest absolute Gasteiger partial charge is 0.140 e. The number of aryl methyl sites for hydroxylation is 1. The molecular formula is C8H5Cl2N3. The second-order valence-corrected chi connectivity index (χ2v) is 3.33. The summed E-state index contributed by atoms with van der Waals surface area (Å²) in [5.74, 6) is 0.627. The van der Waals surface area contributed by atoms with E-state index < -0.39 is 0 Å². The highest BCUT2D eigenvalue weighted by atomic mass is 35.5. The van der Waals surface area contributed by atoms with Crippen LogP contribution in [0.5, 0.6) is 0 Å². The van der Waals surface area contributed by atoms with Crippen LogP contribution in [0.25, 0.3) is 10.9 Å². The van der Waals surface area contributed by atoms with Crippen molar-refractivity contribution in [3.05, 3.63) is 28.4 Å². The molecule has 0 saturated carbocycles. The molecule has 2 aromatic heterocycles. The molecule has 66 valence electrons. The first-order valence-electron chi connectivity index (χ1n) is 3.62. The van der Waals surface area contributed by atoms with E-state index in [-0.39, 0.29) is 0 Å². The van der Waals surface area contributed by atoms with Crippen LogP contribution in [-0.4, -0.2) is 15.0 Å². The van der Waals surface area contributed by atoms with Gasteiger partial charge in [-0.25, -0.2) is 15.0 Å². The Morgan fingerprint density at radius 3 is 2.77 bits per heavy atom.